The minimum atomic E-state index is -0.555. The summed E-state index contributed by atoms with van der Waals surface area (Å²) in [6.07, 6.45) is 3.52. The number of aliphatic imine (C=N–C) groups is 4. The summed E-state index contributed by atoms with van der Waals surface area (Å²) in [7, 11) is 0. The van der Waals surface area contributed by atoms with Gasteiger partial charge in [-0.3, -0.25) is 52.6 Å². The molecule has 126 heavy (non-hydrogen) atoms. The first-order valence-electron chi connectivity index (χ1n) is 41.4. The van der Waals surface area contributed by atoms with Crippen molar-refractivity contribution < 1.29 is 38.1 Å². The molecule has 0 saturated carbocycles. The van der Waals surface area contributed by atoms with Gasteiger partial charge in [0.25, 0.3) is 0 Å². The van der Waals surface area contributed by atoms with Crippen LogP contribution >= 0.6 is 68.8 Å². The van der Waals surface area contributed by atoms with Crippen LogP contribution in [0.5, 0.6) is 0 Å². The highest BCUT2D eigenvalue weighted by Gasteiger charge is 2.38. The number of hydrogen-bond acceptors (Lipinski definition) is 21. The Balaban J connectivity index is 0.000000137. The molecule has 11 heterocycles. The van der Waals surface area contributed by atoms with Crippen LogP contribution in [0.1, 0.15) is 233 Å². The van der Waals surface area contributed by atoms with E-state index in [4.69, 9.17) is 73.7 Å². The maximum atomic E-state index is 12.7. The minimum absolute atomic E-state index is 0.0969. The van der Waals surface area contributed by atoms with E-state index in [2.05, 4.69) is 86.4 Å². The number of esters is 3. The van der Waals surface area contributed by atoms with Crippen LogP contribution in [-0.4, -0.2) is 119 Å². The van der Waals surface area contributed by atoms with E-state index in [-0.39, 0.29) is 50.3 Å². The second-order valence-electron chi connectivity index (χ2n) is 34.2. The Kier molecular flexibility index (Phi) is 27.0. The number of nitrogens with one attached hydrogen (secondary N) is 1. The summed E-state index contributed by atoms with van der Waals surface area (Å²) in [5, 5.41) is 25.5. The van der Waals surface area contributed by atoms with Gasteiger partial charge in [0, 0.05) is 98.0 Å². The molecule has 7 aromatic heterocycles. The molecule has 0 radical (unpaired) electrons. The molecule has 13 aromatic rings. The number of rotatable bonds is 14. The van der Waals surface area contributed by atoms with Gasteiger partial charge >= 0.3 is 24.0 Å². The summed E-state index contributed by atoms with van der Waals surface area (Å²) in [6.45, 7) is 37.8. The second kappa shape index (κ2) is 37.5. The van der Waals surface area contributed by atoms with Crippen LogP contribution in [0.3, 0.4) is 0 Å². The number of benzene rings is 6. The highest BCUT2D eigenvalue weighted by atomic mass is 35.5. The quantitative estimate of drug-likeness (QED) is 0.0784. The Morgan fingerprint density at radius 3 is 1.14 bits per heavy atom. The highest BCUT2D eigenvalue weighted by Crippen LogP contribution is 2.45. The standard InChI is InChI=1S/C26H24ClN5O2S.2C24H26ClN3O2S.C23H24N4O2/c1-15-16(2)35-25-22(15)23(19-9-11-20(27)12-10-19)29-21(24-31-30-17(3)32(24)25)13-28-26(33)34-14-18-7-5-4-6-8-18;2*1-13-12-26-22-18(11-19(29)30-24(4,5)6)27-21(16-7-9-17(25)10-8-16)20-14(2)15(3)31-23(20)28(13)22;1-15-25-26-22-18(14-20(28)29-23(2,3)4)24-21(16-10-6-5-7-11-16)17-12-8-9-13-19(17)27(15)22/h4-12,21H,13-14H2,1-3H3,(H,28,33);2*7-10,12,18H,11H2,1-6H3;5-13,18H,14H2,1-4H3/t21-;;;/m0.../s1. The SMILES string of the molecule is Cc1nnc2n1-c1ccccc1C(c1ccccc1)=NC2CC(=O)OC(C)(C)C.Cc1sc2c(c1C)C(c1ccc(Cl)cc1)=NC(CC(=O)OC(C)(C)C)c1ncc(C)n1-2.Cc1sc2c(c1C)C(c1ccc(Cl)cc1)=NC(CC(=O)OC(C)(C)C)c1ncc(C)n1-2.Cc1sc2c(c1C)C(c1ccc(Cl)cc1)=N[C@@H](CNC(=O)OCc1ccccc1)c1nnc(C)n1-2. The second-order valence-corrected chi connectivity index (χ2v) is 39.1. The molecule has 0 aliphatic carbocycles. The van der Waals surface area contributed by atoms with Gasteiger partial charge in [0.05, 0.1) is 54.3 Å². The first-order valence-corrected chi connectivity index (χ1v) is 45.0. The van der Waals surface area contributed by atoms with Crippen LogP contribution in [0.2, 0.25) is 15.1 Å². The van der Waals surface area contributed by atoms with Crippen LogP contribution in [-0.2, 0) is 39.9 Å². The number of para-hydroxylation sites is 1. The van der Waals surface area contributed by atoms with Crippen LogP contribution in [0.15, 0.2) is 190 Å². The average Bonchev–Trinajstić information content (AvgIpc) is 1.60. The molecule has 0 spiro atoms. The van der Waals surface area contributed by atoms with Gasteiger partial charge in [-0.05, 0) is 196 Å². The largest absolute Gasteiger partial charge is 0.460 e. The van der Waals surface area contributed by atoms with Gasteiger partial charge < -0.3 is 24.3 Å². The van der Waals surface area contributed by atoms with Crippen molar-refractivity contribution in [3.05, 3.63) is 313 Å². The molecule has 0 saturated heterocycles. The minimum Gasteiger partial charge on any atom is -0.460 e. The van der Waals surface area contributed by atoms with Crippen molar-refractivity contribution in [3.8, 4) is 20.7 Å². The lowest BCUT2D eigenvalue weighted by Gasteiger charge is -2.21. The molecule has 4 aliphatic rings. The van der Waals surface area contributed by atoms with Gasteiger partial charge in [-0.25, -0.2) is 14.8 Å². The summed E-state index contributed by atoms with van der Waals surface area (Å²) < 4.78 is 30.5. The number of halogens is 3. The zero-order valence-electron chi connectivity index (χ0n) is 73.9. The summed E-state index contributed by atoms with van der Waals surface area (Å²) in [5.41, 5.74) is 17.2. The molecule has 29 heteroatoms. The molecule has 0 bridgehead atoms. The van der Waals surface area contributed by atoms with Crippen molar-refractivity contribution in [1.29, 1.82) is 0 Å². The molecule has 6 aromatic carbocycles. The predicted molar refractivity (Wildman–Crippen MR) is 501 cm³/mol. The van der Waals surface area contributed by atoms with Gasteiger partial charge in [-0.15, -0.1) is 54.4 Å². The number of hydrogen-bond donors (Lipinski definition) is 1. The van der Waals surface area contributed by atoms with Crippen molar-refractivity contribution in [1.82, 2.24) is 53.9 Å². The summed E-state index contributed by atoms with van der Waals surface area (Å²) in [4.78, 5) is 83.9. The molecule has 23 nitrogen and oxygen atoms in total. The van der Waals surface area contributed by atoms with E-state index in [1.807, 2.05) is 269 Å². The first kappa shape index (κ1) is 90.6. The average molecular weight is 1810 g/mol. The Hall–Kier alpha value is -11.7. The third-order valence-electron chi connectivity index (χ3n) is 21.2. The van der Waals surface area contributed by atoms with Crippen molar-refractivity contribution in [3.63, 3.8) is 0 Å². The molecule has 4 atom stereocenters. The van der Waals surface area contributed by atoms with Crippen LogP contribution in [0.25, 0.3) is 20.7 Å². The maximum Gasteiger partial charge on any atom is 0.407 e. The monoisotopic (exact) mass is 1800 g/mol. The lowest BCUT2D eigenvalue weighted by atomic mass is 9.99. The molecule has 4 aliphatic heterocycles. The van der Waals surface area contributed by atoms with Gasteiger partial charge in [0.15, 0.2) is 11.6 Å². The molecule has 1 N–H and O–H groups in total. The lowest BCUT2D eigenvalue weighted by molar-refractivity contribution is -0.156. The van der Waals surface area contributed by atoms with E-state index < -0.39 is 47.1 Å². The Morgan fingerprint density at radius 1 is 0.389 bits per heavy atom. The van der Waals surface area contributed by atoms with Gasteiger partial charge in [0.1, 0.15) is 85.9 Å². The molecular formula is C97H100Cl3N15O8S3. The topological polar surface area (TPSA) is 264 Å². The zero-order chi connectivity index (χ0) is 90.1. The third kappa shape index (κ3) is 20.2. The number of ether oxygens (including phenoxy) is 4. The molecule has 1 amide bonds. The summed E-state index contributed by atoms with van der Waals surface area (Å²) in [6, 6.07) is 48.8. The van der Waals surface area contributed by atoms with Gasteiger partial charge in [-0.1, -0.05) is 150 Å². The molecule has 650 valence electrons. The van der Waals surface area contributed by atoms with Crippen LogP contribution in [0, 0.1) is 69.2 Å². The van der Waals surface area contributed by atoms with Gasteiger partial charge in [0.2, 0.25) is 0 Å². The van der Waals surface area contributed by atoms with E-state index in [9.17, 15) is 19.2 Å². The number of amides is 1. The highest BCUT2D eigenvalue weighted by molar-refractivity contribution is 7.16. The van der Waals surface area contributed by atoms with Crippen LogP contribution in [0.4, 0.5) is 4.79 Å². The Labute approximate surface area is 760 Å². The molecule has 0 fully saturated rings. The molecular weight excluding hydrogens is 1710 g/mol. The number of carbonyl (C=O) groups is 4. The van der Waals surface area contributed by atoms with Crippen molar-refractivity contribution in [2.45, 2.75) is 198 Å². The predicted octanol–water partition coefficient (Wildman–Crippen LogP) is 22.2. The fourth-order valence-electron chi connectivity index (χ4n) is 15.2. The maximum absolute atomic E-state index is 12.7. The van der Waals surface area contributed by atoms with Crippen LogP contribution < -0.4 is 5.32 Å². The number of imidazole rings is 2. The Morgan fingerprint density at radius 2 is 0.730 bits per heavy atom. The fraction of sp³-hybridized carbons (Fsp3) is 0.320. The summed E-state index contributed by atoms with van der Waals surface area (Å²) >= 11 is 23.6. The van der Waals surface area contributed by atoms with E-state index in [1.54, 1.807) is 34.0 Å². The van der Waals surface area contributed by atoms with E-state index in [1.165, 1.54) is 25.8 Å². The van der Waals surface area contributed by atoms with E-state index in [0.717, 1.165) is 134 Å². The van der Waals surface area contributed by atoms with E-state index >= 15 is 0 Å². The lowest BCUT2D eigenvalue weighted by Crippen LogP contribution is -2.29. The molecule has 17 rings (SSSR count). The van der Waals surface area contributed by atoms with E-state index in [0.29, 0.717) is 26.7 Å². The third-order valence-corrected chi connectivity index (χ3v) is 25.5. The summed E-state index contributed by atoms with van der Waals surface area (Å²) in [5.74, 6) is 3.48. The first-order chi connectivity index (χ1) is 59.8. The number of aromatic nitrogens is 10. The number of thiophene rings is 3. The fourth-order valence-corrected chi connectivity index (χ4v) is 19.2. The zero-order valence-corrected chi connectivity index (χ0v) is 78.6. The normalized spacial score (nSPS) is 15.4. The number of alkyl carbamates (subject to hydrolysis) is 1. The number of fused-ring (bicyclic) bond motifs is 12. The number of nitrogens with zero attached hydrogens (tertiary/aromatic N) is 14. The number of carbonyl (C=O) groups excluding carboxylic acids is 4. The Bertz CT molecular complexity index is 6200. The molecule has 3 unspecified atom stereocenters. The van der Waals surface area contributed by atoms with Crippen molar-refractivity contribution in [2.75, 3.05) is 6.54 Å². The van der Waals surface area contributed by atoms with Gasteiger partial charge in [-0.2, -0.15) is 0 Å². The van der Waals surface area contributed by atoms with Crippen molar-refractivity contribution >= 4 is 116 Å². The van der Waals surface area contributed by atoms with Crippen molar-refractivity contribution in [2.24, 2.45) is 20.0 Å². The number of aryl methyl sites for hydroxylation is 7. The smallest absolute Gasteiger partial charge is 0.407 e.